The van der Waals surface area contributed by atoms with Crippen LogP contribution in [0.3, 0.4) is 0 Å². The largest absolute Gasteiger partial charge is 0.481 e. The van der Waals surface area contributed by atoms with Crippen LogP contribution < -0.4 is 0 Å². The first-order valence-electron chi connectivity index (χ1n) is 5.38. The average molecular weight is 186 g/mol. The van der Waals surface area contributed by atoms with Gasteiger partial charge in [-0.25, -0.2) is 0 Å². The van der Waals surface area contributed by atoms with Crippen molar-refractivity contribution in [2.24, 2.45) is 5.92 Å². The van der Waals surface area contributed by atoms with Gasteiger partial charge in [-0.2, -0.15) is 0 Å². The molecule has 13 heavy (non-hydrogen) atoms. The van der Waals surface area contributed by atoms with Crippen molar-refractivity contribution in [2.45, 2.75) is 58.8 Å². The standard InChI is InChI=1S/C11H22O2/c1-3-4-5-6-7-10(2)8-9-11(12)13/h10H,3-9H2,1-2H3,(H,12,13)/t10-/m0/s1. The van der Waals surface area contributed by atoms with Crippen LogP contribution in [-0.2, 0) is 4.79 Å². The third-order valence-corrected chi connectivity index (χ3v) is 2.40. The summed E-state index contributed by atoms with van der Waals surface area (Å²) in [6, 6.07) is 0. The Balaban J connectivity index is 3.19. The first-order valence-corrected chi connectivity index (χ1v) is 5.38. The molecule has 0 aromatic rings. The number of carboxylic acid groups (broad SMARTS) is 1. The predicted molar refractivity (Wildman–Crippen MR) is 54.8 cm³/mol. The number of rotatable bonds is 8. The van der Waals surface area contributed by atoms with Gasteiger partial charge in [-0.1, -0.05) is 46.0 Å². The number of aliphatic carboxylic acids is 1. The van der Waals surface area contributed by atoms with E-state index in [2.05, 4.69) is 13.8 Å². The monoisotopic (exact) mass is 186 g/mol. The molecular formula is C11H22O2. The predicted octanol–water partition coefficient (Wildman–Crippen LogP) is 3.46. The van der Waals surface area contributed by atoms with Crippen LogP contribution in [0.4, 0.5) is 0 Å². The van der Waals surface area contributed by atoms with Gasteiger partial charge in [0, 0.05) is 6.42 Å². The topological polar surface area (TPSA) is 37.3 Å². The Morgan fingerprint density at radius 2 is 1.92 bits per heavy atom. The summed E-state index contributed by atoms with van der Waals surface area (Å²) in [4.78, 5) is 10.3. The van der Waals surface area contributed by atoms with Crippen LogP contribution in [-0.4, -0.2) is 11.1 Å². The summed E-state index contributed by atoms with van der Waals surface area (Å²) in [5, 5.41) is 8.47. The van der Waals surface area contributed by atoms with E-state index in [0.717, 1.165) is 6.42 Å². The first-order chi connectivity index (χ1) is 6.16. The van der Waals surface area contributed by atoms with Crippen LogP contribution in [0.15, 0.2) is 0 Å². The molecule has 0 bridgehead atoms. The number of unbranched alkanes of at least 4 members (excludes halogenated alkanes) is 3. The molecule has 2 nitrogen and oxygen atoms in total. The van der Waals surface area contributed by atoms with Gasteiger partial charge in [0.1, 0.15) is 0 Å². The van der Waals surface area contributed by atoms with E-state index in [-0.39, 0.29) is 0 Å². The molecule has 0 aliphatic carbocycles. The third kappa shape index (κ3) is 9.38. The summed E-state index contributed by atoms with van der Waals surface area (Å²) in [5.74, 6) is -0.0895. The Bertz CT molecular complexity index is 132. The van der Waals surface area contributed by atoms with Crippen molar-refractivity contribution >= 4 is 5.97 Å². The van der Waals surface area contributed by atoms with Crippen LogP contribution in [0.2, 0.25) is 0 Å². The second kappa shape index (κ2) is 8.09. The minimum absolute atomic E-state index is 0.328. The van der Waals surface area contributed by atoms with Crippen molar-refractivity contribution in [1.29, 1.82) is 0 Å². The van der Waals surface area contributed by atoms with Gasteiger partial charge in [-0.15, -0.1) is 0 Å². The van der Waals surface area contributed by atoms with Gasteiger partial charge in [0.2, 0.25) is 0 Å². The summed E-state index contributed by atoms with van der Waals surface area (Å²) in [6.45, 7) is 4.35. The Morgan fingerprint density at radius 1 is 1.23 bits per heavy atom. The summed E-state index contributed by atoms with van der Waals surface area (Å²) in [7, 11) is 0. The van der Waals surface area contributed by atoms with E-state index in [1.807, 2.05) is 0 Å². The van der Waals surface area contributed by atoms with Gasteiger partial charge in [0.05, 0.1) is 0 Å². The molecule has 0 aromatic carbocycles. The fourth-order valence-corrected chi connectivity index (χ4v) is 1.43. The zero-order chi connectivity index (χ0) is 10.1. The van der Waals surface area contributed by atoms with Crippen LogP contribution in [0.1, 0.15) is 58.8 Å². The third-order valence-electron chi connectivity index (χ3n) is 2.40. The molecule has 0 spiro atoms. The molecule has 0 saturated carbocycles. The molecule has 0 aromatic heterocycles. The maximum Gasteiger partial charge on any atom is 0.303 e. The lowest BCUT2D eigenvalue weighted by Gasteiger charge is -2.08. The van der Waals surface area contributed by atoms with Crippen LogP contribution in [0.25, 0.3) is 0 Å². The summed E-state index contributed by atoms with van der Waals surface area (Å²) < 4.78 is 0. The van der Waals surface area contributed by atoms with Crippen molar-refractivity contribution in [2.75, 3.05) is 0 Å². The molecule has 1 atom stereocenters. The maximum absolute atomic E-state index is 10.3. The lowest BCUT2D eigenvalue weighted by atomic mass is 9.98. The highest BCUT2D eigenvalue weighted by atomic mass is 16.4. The Kier molecular flexibility index (Phi) is 7.76. The Labute approximate surface area is 81.3 Å². The van der Waals surface area contributed by atoms with E-state index in [1.54, 1.807) is 0 Å². The SMILES string of the molecule is CCCCCC[C@H](C)CCC(=O)O. The number of carbonyl (C=O) groups is 1. The molecule has 0 amide bonds. The van der Waals surface area contributed by atoms with Gasteiger partial charge in [0.15, 0.2) is 0 Å². The lowest BCUT2D eigenvalue weighted by Crippen LogP contribution is -2.00. The number of hydrogen-bond donors (Lipinski definition) is 1. The molecule has 0 saturated heterocycles. The molecule has 1 N–H and O–H groups in total. The van der Waals surface area contributed by atoms with Gasteiger partial charge in [-0.3, -0.25) is 4.79 Å². The van der Waals surface area contributed by atoms with Gasteiger partial charge >= 0.3 is 5.97 Å². The van der Waals surface area contributed by atoms with Crippen LogP contribution in [0.5, 0.6) is 0 Å². The highest BCUT2D eigenvalue weighted by Gasteiger charge is 2.04. The van der Waals surface area contributed by atoms with Crippen molar-refractivity contribution in [1.82, 2.24) is 0 Å². The van der Waals surface area contributed by atoms with Crippen molar-refractivity contribution in [3.05, 3.63) is 0 Å². The van der Waals surface area contributed by atoms with E-state index < -0.39 is 5.97 Å². The molecule has 0 rings (SSSR count). The van der Waals surface area contributed by atoms with Crippen molar-refractivity contribution < 1.29 is 9.90 Å². The van der Waals surface area contributed by atoms with Crippen molar-refractivity contribution in [3.8, 4) is 0 Å². The van der Waals surface area contributed by atoms with E-state index in [0.29, 0.717) is 12.3 Å². The zero-order valence-corrected chi connectivity index (χ0v) is 8.88. The second-order valence-corrected chi connectivity index (χ2v) is 3.89. The van der Waals surface area contributed by atoms with Gasteiger partial charge in [0.25, 0.3) is 0 Å². The van der Waals surface area contributed by atoms with E-state index in [4.69, 9.17) is 5.11 Å². The molecule has 0 fully saturated rings. The summed E-state index contributed by atoms with van der Waals surface area (Å²) >= 11 is 0. The molecule has 0 heterocycles. The fraction of sp³-hybridized carbons (Fsp3) is 0.909. The second-order valence-electron chi connectivity index (χ2n) is 3.89. The fourth-order valence-electron chi connectivity index (χ4n) is 1.43. The molecule has 0 unspecified atom stereocenters. The Morgan fingerprint density at radius 3 is 2.46 bits per heavy atom. The summed E-state index contributed by atoms with van der Waals surface area (Å²) in [6.07, 6.45) is 7.49. The molecule has 0 aliphatic heterocycles. The zero-order valence-electron chi connectivity index (χ0n) is 8.88. The molecule has 2 heteroatoms. The Hall–Kier alpha value is -0.530. The van der Waals surface area contributed by atoms with E-state index >= 15 is 0 Å². The minimum atomic E-state index is -0.666. The van der Waals surface area contributed by atoms with E-state index in [1.165, 1.54) is 32.1 Å². The van der Waals surface area contributed by atoms with Crippen LogP contribution >= 0.6 is 0 Å². The average Bonchev–Trinajstić information content (AvgIpc) is 2.09. The highest BCUT2D eigenvalue weighted by Crippen LogP contribution is 2.15. The smallest absolute Gasteiger partial charge is 0.303 e. The molecular weight excluding hydrogens is 164 g/mol. The van der Waals surface area contributed by atoms with Gasteiger partial charge in [-0.05, 0) is 12.3 Å². The summed E-state index contributed by atoms with van der Waals surface area (Å²) in [5.41, 5.74) is 0. The molecule has 0 aliphatic rings. The highest BCUT2D eigenvalue weighted by molar-refractivity contribution is 5.66. The first kappa shape index (κ1) is 12.5. The quantitative estimate of drug-likeness (QED) is 0.589. The van der Waals surface area contributed by atoms with E-state index in [9.17, 15) is 4.79 Å². The number of hydrogen-bond acceptors (Lipinski definition) is 1. The maximum atomic E-state index is 10.3. The van der Waals surface area contributed by atoms with Crippen molar-refractivity contribution in [3.63, 3.8) is 0 Å². The minimum Gasteiger partial charge on any atom is -0.481 e. The normalized spacial score (nSPS) is 12.8. The lowest BCUT2D eigenvalue weighted by molar-refractivity contribution is -0.137. The number of carboxylic acids is 1. The molecule has 78 valence electrons. The van der Waals surface area contributed by atoms with Crippen LogP contribution in [0, 0.1) is 5.92 Å². The van der Waals surface area contributed by atoms with Gasteiger partial charge < -0.3 is 5.11 Å². The molecule has 0 radical (unpaired) electrons.